The maximum atomic E-state index is 13.3. The van der Waals surface area contributed by atoms with Crippen molar-refractivity contribution < 1.29 is 23.4 Å². The Morgan fingerprint density at radius 3 is 2.87 bits per heavy atom. The molecule has 88 valence electrons. The summed E-state index contributed by atoms with van der Waals surface area (Å²) in [4.78, 5) is 11.5. The number of rotatable bonds is 4. The van der Waals surface area contributed by atoms with Gasteiger partial charge in [0, 0.05) is 20.2 Å². The van der Waals surface area contributed by atoms with E-state index in [0.29, 0.717) is 12.8 Å². The smallest absolute Gasteiger partial charge is 0.286 e. The van der Waals surface area contributed by atoms with E-state index in [1.165, 1.54) is 12.0 Å². The van der Waals surface area contributed by atoms with E-state index < -0.39 is 24.7 Å². The van der Waals surface area contributed by atoms with E-state index >= 15 is 0 Å². The van der Waals surface area contributed by atoms with E-state index in [1.807, 2.05) is 0 Å². The summed E-state index contributed by atoms with van der Waals surface area (Å²) in [6, 6.07) is 0. The molecular formula is C9H15F2NO3. The number of aliphatic hydroxyl groups excluding tert-OH is 1. The first-order valence-corrected chi connectivity index (χ1v) is 4.76. The molecule has 15 heavy (non-hydrogen) atoms. The normalized spacial score (nSPS) is 28.7. The van der Waals surface area contributed by atoms with Crippen LogP contribution in [0.4, 0.5) is 8.78 Å². The summed E-state index contributed by atoms with van der Waals surface area (Å²) in [5.41, 5.74) is 0. The van der Waals surface area contributed by atoms with Crippen LogP contribution in [0.3, 0.4) is 0 Å². The van der Waals surface area contributed by atoms with Gasteiger partial charge in [0.15, 0.2) is 0 Å². The lowest BCUT2D eigenvalue weighted by Crippen LogP contribution is -2.53. The third kappa shape index (κ3) is 3.19. The molecule has 0 aliphatic carbocycles. The van der Waals surface area contributed by atoms with Crippen molar-refractivity contribution in [3.8, 4) is 0 Å². The van der Waals surface area contributed by atoms with Crippen LogP contribution in [0.15, 0.2) is 0 Å². The number of ether oxygens (including phenoxy) is 1. The quantitative estimate of drug-likeness (QED) is 0.676. The molecule has 0 bridgehead atoms. The number of aldehydes is 1. The minimum atomic E-state index is -2.92. The van der Waals surface area contributed by atoms with Crippen molar-refractivity contribution in [1.29, 1.82) is 0 Å². The molecule has 1 unspecified atom stereocenters. The summed E-state index contributed by atoms with van der Waals surface area (Å²) in [6.07, 6.45) is -1.71. The van der Waals surface area contributed by atoms with E-state index in [-0.39, 0.29) is 13.0 Å². The standard InChI is InChI=1S/C9H15F2NO3/c1-15-8-2-3-12(4-7(14)5-13)6-9(8,10)11/h5,7-8,14H,2-4,6H2,1H3/t7?,8-/m0/s1. The Bertz CT molecular complexity index is 225. The average Bonchev–Trinajstić information content (AvgIpc) is 2.16. The van der Waals surface area contributed by atoms with Crippen LogP contribution in [0.1, 0.15) is 6.42 Å². The summed E-state index contributed by atoms with van der Waals surface area (Å²) in [5, 5.41) is 9.02. The summed E-state index contributed by atoms with van der Waals surface area (Å²) in [6.45, 7) is -0.120. The van der Waals surface area contributed by atoms with Gasteiger partial charge in [-0.25, -0.2) is 8.78 Å². The summed E-state index contributed by atoms with van der Waals surface area (Å²) < 4.78 is 31.4. The molecule has 1 fully saturated rings. The summed E-state index contributed by atoms with van der Waals surface area (Å²) in [7, 11) is 1.26. The molecule has 0 saturated carbocycles. The van der Waals surface area contributed by atoms with Gasteiger partial charge in [0.25, 0.3) is 5.92 Å². The second kappa shape index (κ2) is 4.96. The lowest BCUT2D eigenvalue weighted by atomic mass is 10.0. The van der Waals surface area contributed by atoms with Gasteiger partial charge >= 0.3 is 0 Å². The number of halogens is 2. The third-order valence-electron chi connectivity index (χ3n) is 2.50. The van der Waals surface area contributed by atoms with Crippen LogP contribution in [0.5, 0.6) is 0 Å². The molecule has 0 radical (unpaired) electrons. The molecule has 1 heterocycles. The van der Waals surface area contributed by atoms with Crippen molar-refractivity contribution in [2.75, 3.05) is 26.7 Å². The second-order valence-corrected chi connectivity index (χ2v) is 3.71. The molecule has 0 aromatic carbocycles. The van der Waals surface area contributed by atoms with E-state index in [0.717, 1.165) is 0 Å². The number of hydrogen-bond acceptors (Lipinski definition) is 4. The number of piperidine rings is 1. The zero-order valence-electron chi connectivity index (χ0n) is 8.53. The molecule has 4 nitrogen and oxygen atoms in total. The van der Waals surface area contributed by atoms with Gasteiger partial charge in [-0.2, -0.15) is 0 Å². The van der Waals surface area contributed by atoms with Crippen molar-refractivity contribution >= 4 is 6.29 Å². The molecule has 1 saturated heterocycles. The first-order valence-electron chi connectivity index (χ1n) is 4.76. The van der Waals surface area contributed by atoms with Gasteiger partial charge in [0.2, 0.25) is 0 Å². The molecule has 1 N–H and O–H groups in total. The van der Waals surface area contributed by atoms with Gasteiger partial charge < -0.3 is 14.6 Å². The van der Waals surface area contributed by atoms with Crippen molar-refractivity contribution in [3.05, 3.63) is 0 Å². The molecule has 1 aliphatic heterocycles. The summed E-state index contributed by atoms with van der Waals surface area (Å²) >= 11 is 0. The van der Waals surface area contributed by atoms with Crippen LogP contribution in [0.25, 0.3) is 0 Å². The van der Waals surface area contributed by atoms with Gasteiger partial charge in [-0.15, -0.1) is 0 Å². The van der Waals surface area contributed by atoms with E-state index in [4.69, 9.17) is 5.11 Å². The van der Waals surface area contributed by atoms with E-state index in [9.17, 15) is 13.6 Å². The molecule has 1 rings (SSSR count). The molecule has 0 spiro atoms. The van der Waals surface area contributed by atoms with Crippen molar-refractivity contribution in [2.45, 2.75) is 24.6 Å². The molecule has 6 heteroatoms. The first kappa shape index (κ1) is 12.5. The lowest BCUT2D eigenvalue weighted by molar-refractivity contribution is -0.165. The predicted molar refractivity (Wildman–Crippen MR) is 48.9 cm³/mol. The number of alkyl halides is 2. The number of methoxy groups -OCH3 is 1. The van der Waals surface area contributed by atoms with Crippen molar-refractivity contribution in [1.82, 2.24) is 4.90 Å². The van der Waals surface area contributed by atoms with Gasteiger partial charge in [0.1, 0.15) is 18.5 Å². The molecule has 0 amide bonds. The largest absolute Gasteiger partial charge is 0.384 e. The van der Waals surface area contributed by atoms with Crippen LogP contribution in [0.2, 0.25) is 0 Å². The van der Waals surface area contributed by atoms with Crippen LogP contribution in [0, 0.1) is 0 Å². The van der Waals surface area contributed by atoms with E-state index in [1.54, 1.807) is 0 Å². The highest BCUT2D eigenvalue weighted by Crippen LogP contribution is 2.29. The topological polar surface area (TPSA) is 49.8 Å². The molecule has 1 aliphatic rings. The third-order valence-corrected chi connectivity index (χ3v) is 2.50. The lowest BCUT2D eigenvalue weighted by Gasteiger charge is -2.37. The highest BCUT2D eigenvalue weighted by Gasteiger charge is 2.44. The zero-order chi connectivity index (χ0) is 11.5. The monoisotopic (exact) mass is 223 g/mol. The van der Waals surface area contributed by atoms with Crippen LogP contribution in [-0.4, -0.2) is 61.2 Å². The van der Waals surface area contributed by atoms with E-state index in [2.05, 4.69) is 4.74 Å². The number of likely N-dealkylation sites (tertiary alicyclic amines) is 1. The van der Waals surface area contributed by atoms with Crippen LogP contribution < -0.4 is 0 Å². The fraction of sp³-hybridized carbons (Fsp3) is 0.889. The Hall–Kier alpha value is -0.590. The molecule has 2 atom stereocenters. The fourth-order valence-corrected chi connectivity index (χ4v) is 1.74. The Kier molecular flexibility index (Phi) is 4.12. The SMILES string of the molecule is CO[C@H]1CCN(CC(O)C=O)CC1(F)F. The van der Waals surface area contributed by atoms with Crippen LogP contribution >= 0.6 is 0 Å². The van der Waals surface area contributed by atoms with Gasteiger partial charge in [0.05, 0.1) is 6.54 Å². The number of hydrogen-bond donors (Lipinski definition) is 1. The number of β-amino-alcohol motifs (C(OH)–C–C–N with tert-alkyl or cyclic N) is 1. The fourth-order valence-electron chi connectivity index (χ4n) is 1.74. The molecule has 0 aromatic rings. The second-order valence-electron chi connectivity index (χ2n) is 3.71. The molecular weight excluding hydrogens is 208 g/mol. The van der Waals surface area contributed by atoms with Crippen molar-refractivity contribution in [2.24, 2.45) is 0 Å². The predicted octanol–water partition coefficient (Wildman–Crippen LogP) is -0.0978. The minimum absolute atomic E-state index is 0.0461. The van der Waals surface area contributed by atoms with Gasteiger partial charge in [-0.1, -0.05) is 0 Å². The van der Waals surface area contributed by atoms with Crippen LogP contribution in [-0.2, 0) is 9.53 Å². The zero-order valence-corrected chi connectivity index (χ0v) is 8.53. The van der Waals surface area contributed by atoms with Crippen molar-refractivity contribution in [3.63, 3.8) is 0 Å². The summed E-state index contributed by atoms with van der Waals surface area (Å²) in [5.74, 6) is -2.92. The maximum Gasteiger partial charge on any atom is 0.286 e. The highest BCUT2D eigenvalue weighted by atomic mass is 19.3. The minimum Gasteiger partial charge on any atom is -0.384 e. The Morgan fingerprint density at radius 2 is 2.40 bits per heavy atom. The Labute approximate surface area is 86.8 Å². The highest BCUT2D eigenvalue weighted by molar-refractivity contribution is 5.55. The first-order chi connectivity index (χ1) is 6.99. The number of carbonyl (C=O) groups excluding carboxylic acids is 1. The van der Waals surface area contributed by atoms with Gasteiger partial charge in [-0.3, -0.25) is 4.90 Å². The Balaban J connectivity index is 2.50. The number of nitrogens with zero attached hydrogens (tertiary/aromatic N) is 1. The Morgan fingerprint density at radius 1 is 1.73 bits per heavy atom. The number of carbonyl (C=O) groups is 1. The number of aliphatic hydroxyl groups is 1. The average molecular weight is 223 g/mol. The maximum absolute atomic E-state index is 13.3. The molecule has 0 aromatic heterocycles. The van der Waals surface area contributed by atoms with Gasteiger partial charge in [-0.05, 0) is 6.42 Å².